The van der Waals surface area contributed by atoms with Crippen LogP contribution in [0.15, 0.2) is 30.3 Å². The highest BCUT2D eigenvalue weighted by atomic mass is 19.4. The fourth-order valence-electron chi connectivity index (χ4n) is 1.53. The van der Waals surface area contributed by atoms with Gasteiger partial charge in [-0.1, -0.05) is 30.3 Å². The Morgan fingerprint density at radius 2 is 1.73 bits per heavy atom. The van der Waals surface area contributed by atoms with E-state index < -0.39 is 24.2 Å². The van der Waals surface area contributed by atoms with Crippen LogP contribution in [0.2, 0.25) is 0 Å². The van der Waals surface area contributed by atoms with Gasteiger partial charge in [-0.25, -0.2) is 0 Å². The van der Waals surface area contributed by atoms with Crippen molar-refractivity contribution < 1.29 is 22.7 Å². The number of rotatable bonds is 1. The van der Waals surface area contributed by atoms with Crippen LogP contribution in [0.1, 0.15) is 11.7 Å². The van der Waals surface area contributed by atoms with Crippen LogP contribution in [0.5, 0.6) is 0 Å². The van der Waals surface area contributed by atoms with Gasteiger partial charge >= 0.3 is 12.1 Å². The van der Waals surface area contributed by atoms with Gasteiger partial charge in [-0.05, 0) is 5.56 Å². The maximum Gasteiger partial charge on any atom is 0.406 e. The molecular formula is C10H7F3O2. The van der Waals surface area contributed by atoms with Crippen LogP contribution in [0, 0.1) is 5.92 Å². The van der Waals surface area contributed by atoms with Gasteiger partial charge in [0.2, 0.25) is 0 Å². The Morgan fingerprint density at radius 3 is 2.20 bits per heavy atom. The van der Waals surface area contributed by atoms with Gasteiger partial charge in [0.05, 0.1) is 0 Å². The molecule has 1 unspecified atom stereocenters. The van der Waals surface area contributed by atoms with E-state index in [9.17, 15) is 18.0 Å². The highest BCUT2D eigenvalue weighted by Gasteiger charge is 2.59. The van der Waals surface area contributed by atoms with Crippen LogP contribution in [0.3, 0.4) is 0 Å². The van der Waals surface area contributed by atoms with E-state index in [0.717, 1.165) is 0 Å². The number of esters is 1. The summed E-state index contributed by atoms with van der Waals surface area (Å²) in [5.74, 6) is -3.21. The predicted molar refractivity (Wildman–Crippen MR) is 44.8 cm³/mol. The zero-order chi connectivity index (χ0) is 11.1. The van der Waals surface area contributed by atoms with Crippen LogP contribution in [-0.4, -0.2) is 12.1 Å². The second-order valence-corrected chi connectivity index (χ2v) is 3.29. The van der Waals surface area contributed by atoms with E-state index in [4.69, 9.17) is 0 Å². The Bertz CT molecular complexity index is 372. The molecule has 0 spiro atoms. The normalized spacial score (nSPS) is 25.7. The van der Waals surface area contributed by atoms with Crippen molar-refractivity contribution in [2.24, 2.45) is 5.92 Å². The van der Waals surface area contributed by atoms with Crippen molar-refractivity contribution in [3.8, 4) is 0 Å². The third-order valence-corrected chi connectivity index (χ3v) is 2.28. The van der Waals surface area contributed by atoms with E-state index in [2.05, 4.69) is 4.74 Å². The lowest BCUT2D eigenvalue weighted by Crippen LogP contribution is -2.47. The second-order valence-electron chi connectivity index (χ2n) is 3.29. The predicted octanol–water partition coefficient (Wildman–Crippen LogP) is 2.46. The molecule has 0 bridgehead atoms. The Hall–Kier alpha value is -1.52. The van der Waals surface area contributed by atoms with Crippen LogP contribution in [-0.2, 0) is 9.53 Å². The number of carbonyl (C=O) groups is 1. The summed E-state index contributed by atoms with van der Waals surface area (Å²) in [6.45, 7) is 0. The largest absolute Gasteiger partial charge is 0.456 e. The van der Waals surface area contributed by atoms with E-state index >= 15 is 0 Å². The average molecular weight is 216 g/mol. The average Bonchev–Trinajstić information content (AvgIpc) is 2.12. The Balaban J connectivity index is 2.23. The maximum atomic E-state index is 12.4. The first-order valence-corrected chi connectivity index (χ1v) is 4.32. The molecule has 0 saturated carbocycles. The molecule has 2 rings (SSSR count). The zero-order valence-electron chi connectivity index (χ0n) is 7.49. The summed E-state index contributed by atoms with van der Waals surface area (Å²) in [6, 6.07) is 7.92. The minimum absolute atomic E-state index is 0.374. The van der Waals surface area contributed by atoms with Gasteiger partial charge in [-0.3, -0.25) is 4.79 Å². The number of cyclic esters (lactones) is 1. The molecule has 15 heavy (non-hydrogen) atoms. The first-order chi connectivity index (χ1) is 7.00. The molecular weight excluding hydrogens is 209 g/mol. The number of alkyl halides is 3. The minimum Gasteiger partial charge on any atom is -0.456 e. The monoisotopic (exact) mass is 216 g/mol. The molecule has 1 aliphatic heterocycles. The number of hydrogen-bond acceptors (Lipinski definition) is 2. The van der Waals surface area contributed by atoms with Crippen LogP contribution in [0.4, 0.5) is 13.2 Å². The molecule has 1 heterocycles. The lowest BCUT2D eigenvalue weighted by molar-refractivity contribution is -0.256. The number of benzene rings is 1. The van der Waals surface area contributed by atoms with Gasteiger partial charge in [-0.15, -0.1) is 0 Å². The smallest absolute Gasteiger partial charge is 0.406 e. The highest BCUT2D eigenvalue weighted by Crippen LogP contribution is 2.46. The Morgan fingerprint density at radius 1 is 1.13 bits per heavy atom. The van der Waals surface area contributed by atoms with Crippen molar-refractivity contribution in [1.29, 1.82) is 0 Å². The van der Waals surface area contributed by atoms with Gasteiger partial charge in [0.15, 0.2) is 5.92 Å². The molecule has 0 aliphatic carbocycles. The summed E-state index contributed by atoms with van der Waals surface area (Å²) in [4.78, 5) is 10.7. The molecule has 1 saturated heterocycles. The fourth-order valence-corrected chi connectivity index (χ4v) is 1.53. The fraction of sp³-hybridized carbons (Fsp3) is 0.300. The molecule has 0 amide bonds. The van der Waals surface area contributed by atoms with Crippen molar-refractivity contribution in [2.75, 3.05) is 0 Å². The minimum atomic E-state index is -4.53. The molecule has 0 N–H and O–H groups in total. The molecule has 1 aromatic rings. The SMILES string of the molecule is O=C1OC(c2ccccc2)[C@H]1C(F)(F)F. The molecule has 0 aromatic heterocycles. The van der Waals surface area contributed by atoms with Gasteiger partial charge < -0.3 is 4.74 Å². The summed E-state index contributed by atoms with van der Waals surface area (Å²) in [6.07, 6.45) is -5.71. The molecule has 80 valence electrons. The van der Waals surface area contributed by atoms with E-state index in [-0.39, 0.29) is 0 Å². The van der Waals surface area contributed by atoms with E-state index in [1.807, 2.05) is 0 Å². The quantitative estimate of drug-likeness (QED) is 0.674. The summed E-state index contributed by atoms with van der Waals surface area (Å²) < 4.78 is 41.7. The van der Waals surface area contributed by atoms with Gasteiger partial charge in [0, 0.05) is 0 Å². The van der Waals surface area contributed by atoms with E-state index in [0.29, 0.717) is 5.56 Å². The highest BCUT2D eigenvalue weighted by molar-refractivity contribution is 5.80. The van der Waals surface area contributed by atoms with E-state index in [1.165, 1.54) is 12.1 Å². The molecule has 0 radical (unpaired) electrons. The second kappa shape index (κ2) is 3.25. The molecule has 1 fully saturated rings. The topological polar surface area (TPSA) is 26.3 Å². The molecule has 2 atom stereocenters. The number of hydrogen-bond donors (Lipinski definition) is 0. The lowest BCUT2D eigenvalue weighted by atomic mass is 9.90. The van der Waals surface area contributed by atoms with Crippen LogP contribution < -0.4 is 0 Å². The standard InChI is InChI=1S/C10H7F3O2/c11-10(12,13)7-8(15-9(7)14)6-4-2-1-3-5-6/h1-5,7-8H/t7-,8?/m1/s1. The summed E-state index contributed by atoms with van der Waals surface area (Å²) >= 11 is 0. The zero-order valence-corrected chi connectivity index (χ0v) is 7.49. The molecule has 1 aliphatic rings. The van der Waals surface area contributed by atoms with Crippen molar-refractivity contribution in [1.82, 2.24) is 0 Å². The first kappa shape index (κ1) is 10.0. The maximum absolute atomic E-state index is 12.4. The lowest BCUT2D eigenvalue weighted by Gasteiger charge is -2.36. The third-order valence-electron chi connectivity index (χ3n) is 2.28. The van der Waals surface area contributed by atoms with Gasteiger partial charge in [0.25, 0.3) is 0 Å². The van der Waals surface area contributed by atoms with Crippen molar-refractivity contribution in [3.63, 3.8) is 0 Å². The summed E-state index contributed by atoms with van der Waals surface area (Å²) in [5.41, 5.74) is 0.374. The van der Waals surface area contributed by atoms with Crippen molar-refractivity contribution in [2.45, 2.75) is 12.3 Å². The summed E-state index contributed by atoms with van der Waals surface area (Å²) in [7, 11) is 0. The van der Waals surface area contributed by atoms with Crippen molar-refractivity contribution >= 4 is 5.97 Å². The van der Waals surface area contributed by atoms with Gasteiger partial charge in [0.1, 0.15) is 6.10 Å². The number of carbonyl (C=O) groups excluding carboxylic acids is 1. The van der Waals surface area contributed by atoms with E-state index in [1.54, 1.807) is 18.2 Å². The first-order valence-electron chi connectivity index (χ1n) is 4.32. The summed E-state index contributed by atoms with van der Waals surface area (Å²) in [5, 5.41) is 0. The number of halogens is 3. The Labute approximate surface area is 83.7 Å². The Kier molecular flexibility index (Phi) is 2.17. The third kappa shape index (κ3) is 1.69. The van der Waals surface area contributed by atoms with Gasteiger partial charge in [-0.2, -0.15) is 13.2 Å². The van der Waals surface area contributed by atoms with Crippen LogP contribution >= 0.6 is 0 Å². The van der Waals surface area contributed by atoms with Crippen molar-refractivity contribution in [3.05, 3.63) is 35.9 Å². The molecule has 2 nitrogen and oxygen atoms in total. The van der Waals surface area contributed by atoms with Crippen LogP contribution in [0.25, 0.3) is 0 Å². The number of ether oxygens (including phenoxy) is 1. The molecule has 5 heteroatoms. The molecule has 1 aromatic carbocycles.